The summed E-state index contributed by atoms with van der Waals surface area (Å²) >= 11 is 9.25. The number of hydrogen-bond donors (Lipinski definition) is 2. The fraction of sp³-hybridized carbons (Fsp3) is 0. The Bertz CT molecular complexity index is 758. The quantitative estimate of drug-likeness (QED) is 0.820. The summed E-state index contributed by atoms with van der Waals surface area (Å²) in [6.07, 6.45) is 4.03. The second-order valence-corrected chi connectivity index (χ2v) is 6.78. The number of hydrazine groups is 2. The Labute approximate surface area is 134 Å². The summed E-state index contributed by atoms with van der Waals surface area (Å²) in [4.78, 5) is 7.71. The van der Waals surface area contributed by atoms with Crippen LogP contribution in [0.5, 0.6) is 0 Å². The molecule has 0 amide bonds. The average Bonchev–Trinajstić information content (AvgIpc) is 2.88. The Hall–Kier alpha value is -1.62. The van der Waals surface area contributed by atoms with Crippen molar-refractivity contribution >= 4 is 56.1 Å². The zero-order valence-corrected chi connectivity index (χ0v) is 13.4. The van der Waals surface area contributed by atoms with Crippen LogP contribution in [0.4, 0.5) is 5.69 Å². The van der Waals surface area contributed by atoms with Crippen LogP contribution in [0, 0.1) is 0 Å². The summed E-state index contributed by atoms with van der Waals surface area (Å²) in [6, 6.07) is 4.96. The van der Waals surface area contributed by atoms with E-state index in [1.165, 1.54) is 23.9 Å². The molecule has 2 aliphatic rings. The lowest BCUT2D eigenvalue weighted by atomic mass is 10.3. The normalized spacial score (nSPS) is 17.0. The summed E-state index contributed by atoms with van der Waals surface area (Å²) in [5.41, 5.74) is 2.85. The van der Waals surface area contributed by atoms with Crippen LogP contribution in [0.15, 0.2) is 44.7 Å². The molecule has 11 heteroatoms. The second kappa shape index (κ2) is 5.30. The minimum absolute atomic E-state index is 0.251. The molecule has 0 aromatic heterocycles. The Morgan fingerprint density at radius 2 is 2.19 bits per heavy atom. The van der Waals surface area contributed by atoms with Crippen LogP contribution < -0.4 is 10.3 Å². The monoisotopic (exact) mass is 390 g/mol. The van der Waals surface area contributed by atoms with Crippen LogP contribution in [-0.2, 0) is 10.2 Å². The molecule has 21 heavy (non-hydrogen) atoms. The van der Waals surface area contributed by atoms with Gasteiger partial charge in [-0.25, -0.2) is 15.0 Å². The third-order valence-corrected chi connectivity index (χ3v) is 4.72. The van der Waals surface area contributed by atoms with Crippen molar-refractivity contribution in [2.75, 3.05) is 4.72 Å². The number of hydrogen-bond acceptors (Lipinski definition) is 6. The van der Waals surface area contributed by atoms with Gasteiger partial charge in [-0.2, -0.15) is 12.8 Å². The van der Waals surface area contributed by atoms with E-state index in [9.17, 15) is 8.42 Å². The van der Waals surface area contributed by atoms with Gasteiger partial charge in [0.1, 0.15) is 12.7 Å². The van der Waals surface area contributed by atoms with Crippen LogP contribution >= 0.6 is 27.5 Å². The molecule has 0 fully saturated rings. The molecule has 1 aromatic carbocycles. The van der Waals surface area contributed by atoms with Gasteiger partial charge in [-0.3, -0.25) is 4.72 Å². The number of anilines is 1. The van der Waals surface area contributed by atoms with Crippen LogP contribution in [0.25, 0.3) is 0 Å². The molecule has 0 atom stereocenters. The largest absolute Gasteiger partial charge is 0.338 e. The number of halogens is 2. The molecule has 2 heterocycles. The summed E-state index contributed by atoms with van der Waals surface area (Å²) in [6.45, 7) is 0. The Morgan fingerprint density at radius 3 is 2.90 bits per heavy atom. The van der Waals surface area contributed by atoms with Gasteiger partial charge in [-0.1, -0.05) is 17.7 Å². The van der Waals surface area contributed by atoms with Crippen molar-refractivity contribution in [2.45, 2.75) is 0 Å². The summed E-state index contributed by atoms with van der Waals surface area (Å²) in [5.74, 6) is 0.397. The van der Waals surface area contributed by atoms with E-state index < -0.39 is 10.2 Å². The first-order valence-electron chi connectivity index (χ1n) is 5.57. The molecule has 0 unspecified atom stereocenters. The fourth-order valence-corrected chi connectivity index (χ4v) is 3.61. The molecule has 0 aliphatic carbocycles. The Kier molecular flexibility index (Phi) is 3.61. The molecule has 2 aliphatic heterocycles. The number of fused-ring (bicyclic) bond motifs is 1. The predicted molar refractivity (Wildman–Crippen MR) is 83.6 cm³/mol. The number of para-hydroxylation sites is 1. The lowest BCUT2D eigenvalue weighted by Crippen LogP contribution is -2.45. The van der Waals surface area contributed by atoms with Crippen molar-refractivity contribution in [3.63, 3.8) is 0 Å². The lowest BCUT2D eigenvalue weighted by molar-refractivity contribution is 0.285. The third-order valence-electron chi connectivity index (χ3n) is 2.58. The molecule has 2 N–H and O–H groups in total. The molecule has 0 bridgehead atoms. The number of rotatable bonds is 3. The van der Waals surface area contributed by atoms with Gasteiger partial charge >= 0.3 is 10.2 Å². The smallest absolute Gasteiger partial charge is 0.263 e. The van der Waals surface area contributed by atoms with Gasteiger partial charge in [-0.15, -0.1) is 5.53 Å². The fourth-order valence-electron chi connectivity index (χ4n) is 1.62. The summed E-state index contributed by atoms with van der Waals surface area (Å²) in [5, 5.41) is 1.64. The third kappa shape index (κ3) is 2.75. The highest BCUT2D eigenvalue weighted by Gasteiger charge is 2.30. The highest BCUT2D eigenvalue weighted by Crippen LogP contribution is 2.31. The van der Waals surface area contributed by atoms with Gasteiger partial charge in [0.2, 0.25) is 0 Å². The highest BCUT2D eigenvalue weighted by atomic mass is 79.9. The van der Waals surface area contributed by atoms with Crippen LogP contribution in [0.2, 0.25) is 5.02 Å². The van der Waals surface area contributed by atoms with E-state index in [1.54, 1.807) is 18.2 Å². The first-order chi connectivity index (χ1) is 9.97. The Morgan fingerprint density at radius 1 is 1.38 bits per heavy atom. The van der Waals surface area contributed by atoms with Gasteiger partial charge in [0.15, 0.2) is 5.82 Å². The predicted octanol–water partition coefficient (Wildman–Crippen LogP) is 1.67. The van der Waals surface area contributed by atoms with E-state index in [4.69, 9.17) is 11.6 Å². The maximum absolute atomic E-state index is 12.4. The lowest BCUT2D eigenvalue weighted by Gasteiger charge is -2.21. The summed E-state index contributed by atoms with van der Waals surface area (Å²) in [7, 11) is -3.91. The zero-order chi connectivity index (χ0) is 15.0. The number of benzene rings is 1. The molecule has 110 valence electrons. The van der Waals surface area contributed by atoms with Crippen molar-refractivity contribution in [1.82, 2.24) is 15.0 Å². The van der Waals surface area contributed by atoms with E-state index in [0.29, 0.717) is 10.3 Å². The maximum Gasteiger partial charge on any atom is 0.338 e. The van der Waals surface area contributed by atoms with Crippen molar-refractivity contribution in [3.8, 4) is 0 Å². The first-order valence-corrected chi connectivity index (χ1v) is 8.18. The van der Waals surface area contributed by atoms with E-state index >= 15 is 0 Å². The molecular weight excluding hydrogens is 384 g/mol. The number of nitrogens with one attached hydrogen (secondary N) is 2. The Balaban J connectivity index is 1.87. The molecular formula is C10H8BrClN6O2S. The molecule has 0 radical (unpaired) electrons. The van der Waals surface area contributed by atoms with Crippen LogP contribution in [0.1, 0.15) is 0 Å². The number of aliphatic imine (C=N–C) groups is 2. The summed E-state index contributed by atoms with van der Waals surface area (Å²) < 4.78 is 28.5. The number of nitrogens with zero attached hydrogens (tertiary/aromatic N) is 4. The van der Waals surface area contributed by atoms with Crippen molar-refractivity contribution in [3.05, 3.63) is 39.7 Å². The topological polar surface area (TPSA) is 89.4 Å². The van der Waals surface area contributed by atoms with Crippen molar-refractivity contribution < 1.29 is 8.42 Å². The molecule has 8 nitrogen and oxygen atoms in total. The van der Waals surface area contributed by atoms with Crippen LogP contribution in [-0.4, -0.2) is 30.5 Å². The van der Waals surface area contributed by atoms with Crippen molar-refractivity contribution in [2.24, 2.45) is 9.98 Å². The second-order valence-electron chi connectivity index (χ2n) is 3.97. The van der Waals surface area contributed by atoms with Gasteiger partial charge in [0.25, 0.3) is 0 Å². The van der Waals surface area contributed by atoms with E-state index in [2.05, 4.69) is 36.2 Å². The molecule has 3 rings (SSSR count). The standard InChI is InChI=1S/C10H8BrClN6O2S/c11-7-2-1-3-8(12)10(7)15-21(19,20)18-4-9-14-5-13-6-17(9)16-18/h1-6,15-16H. The van der Waals surface area contributed by atoms with E-state index in [-0.39, 0.29) is 10.7 Å². The molecule has 0 saturated carbocycles. The molecule has 1 aromatic rings. The highest BCUT2D eigenvalue weighted by molar-refractivity contribution is 9.10. The van der Waals surface area contributed by atoms with Gasteiger partial charge in [0, 0.05) is 4.47 Å². The van der Waals surface area contributed by atoms with Gasteiger partial charge in [-0.05, 0) is 28.1 Å². The first kappa shape index (κ1) is 14.3. The van der Waals surface area contributed by atoms with Gasteiger partial charge in [0.05, 0.1) is 16.9 Å². The minimum Gasteiger partial charge on any atom is -0.263 e. The molecule has 0 saturated heterocycles. The van der Waals surface area contributed by atoms with E-state index in [1.807, 2.05) is 0 Å². The average molecular weight is 392 g/mol. The van der Waals surface area contributed by atoms with Crippen LogP contribution in [0.3, 0.4) is 0 Å². The van der Waals surface area contributed by atoms with Gasteiger partial charge < -0.3 is 0 Å². The van der Waals surface area contributed by atoms with E-state index in [0.717, 1.165) is 4.41 Å². The van der Waals surface area contributed by atoms with Crippen molar-refractivity contribution in [1.29, 1.82) is 0 Å². The minimum atomic E-state index is -3.91. The molecule has 0 spiro atoms. The zero-order valence-electron chi connectivity index (χ0n) is 10.2. The maximum atomic E-state index is 12.4. The SMILES string of the molecule is O=S(=O)(Nc1c(Cl)cccc1Br)N1C=C2N=CN=CN2N1.